The number of ether oxygens (including phenoxy) is 1. The van der Waals surface area contributed by atoms with Crippen molar-refractivity contribution in [2.24, 2.45) is 0 Å². The lowest BCUT2D eigenvalue weighted by atomic mass is 10.1. The Bertz CT molecular complexity index is 965. The van der Waals surface area contributed by atoms with Crippen molar-refractivity contribution < 1.29 is 17.9 Å². The molecule has 0 saturated heterocycles. The van der Waals surface area contributed by atoms with Crippen molar-refractivity contribution in [3.63, 3.8) is 0 Å². The molecule has 2 heterocycles. The minimum Gasteiger partial charge on any atom is -0.468 e. The quantitative estimate of drug-likeness (QED) is 0.519. The largest absolute Gasteiger partial charge is 0.468 e. The summed E-state index contributed by atoms with van der Waals surface area (Å²) < 4.78 is 46.2. The van der Waals surface area contributed by atoms with E-state index < -0.39 is 11.7 Å². The Balaban J connectivity index is 2.22. The standard InChI is InChI=1S/C19H19ClF3N3O/c1-4-12(5-2)26-15-8-9-24-16(17(15)25-18(26)27-3)13-7-6-11(10-14(13)20)19(21,22)23/h6-10,12H,4-5H2,1-3H3. The van der Waals surface area contributed by atoms with Gasteiger partial charge in [-0.3, -0.25) is 9.55 Å². The Morgan fingerprint density at radius 2 is 1.89 bits per heavy atom. The summed E-state index contributed by atoms with van der Waals surface area (Å²) in [6, 6.07) is 5.68. The van der Waals surface area contributed by atoms with E-state index in [0.29, 0.717) is 22.8 Å². The van der Waals surface area contributed by atoms with Gasteiger partial charge < -0.3 is 4.74 Å². The fourth-order valence-electron chi connectivity index (χ4n) is 3.23. The fraction of sp³-hybridized carbons (Fsp3) is 0.368. The van der Waals surface area contributed by atoms with E-state index in [1.54, 1.807) is 6.20 Å². The van der Waals surface area contributed by atoms with Crippen LogP contribution in [0.5, 0.6) is 6.01 Å². The maximum Gasteiger partial charge on any atom is 0.416 e. The summed E-state index contributed by atoms with van der Waals surface area (Å²) in [7, 11) is 1.54. The van der Waals surface area contributed by atoms with Gasteiger partial charge in [-0.05, 0) is 31.0 Å². The third-order valence-corrected chi connectivity index (χ3v) is 4.93. The number of benzene rings is 1. The van der Waals surface area contributed by atoms with Crippen molar-refractivity contribution >= 4 is 22.6 Å². The molecule has 3 rings (SSSR count). The van der Waals surface area contributed by atoms with Gasteiger partial charge in [-0.1, -0.05) is 31.5 Å². The number of methoxy groups -OCH3 is 1. The number of fused-ring (bicyclic) bond motifs is 1. The summed E-state index contributed by atoms with van der Waals surface area (Å²) in [5, 5.41) is -0.0270. The lowest BCUT2D eigenvalue weighted by molar-refractivity contribution is -0.137. The molecule has 0 aliphatic carbocycles. The molecule has 3 aromatic rings. The SMILES string of the molecule is CCC(CC)n1c(OC)nc2c(-c3ccc(C(F)(F)F)cc3Cl)nccc21. The second kappa shape index (κ2) is 7.38. The highest BCUT2D eigenvalue weighted by Crippen LogP contribution is 2.38. The van der Waals surface area contributed by atoms with Crippen LogP contribution in [0.15, 0.2) is 30.5 Å². The van der Waals surface area contributed by atoms with Gasteiger partial charge in [0, 0.05) is 17.8 Å². The molecule has 0 aliphatic heterocycles. The van der Waals surface area contributed by atoms with Crippen LogP contribution in [0.4, 0.5) is 13.2 Å². The smallest absolute Gasteiger partial charge is 0.416 e. The molecular weight excluding hydrogens is 379 g/mol. The lowest BCUT2D eigenvalue weighted by Crippen LogP contribution is -2.08. The topological polar surface area (TPSA) is 39.9 Å². The third-order valence-electron chi connectivity index (χ3n) is 4.62. The molecule has 8 heteroatoms. The van der Waals surface area contributed by atoms with E-state index in [0.717, 1.165) is 30.5 Å². The average molecular weight is 398 g/mol. The van der Waals surface area contributed by atoms with Gasteiger partial charge in [0.25, 0.3) is 6.01 Å². The van der Waals surface area contributed by atoms with Gasteiger partial charge in [-0.25, -0.2) is 0 Å². The predicted molar refractivity (Wildman–Crippen MR) is 99.1 cm³/mol. The first-order chi connectivity index (χ1) is 12.8. The molecule has 0 radical (unpaired) electrons. The summed E-state index contributed by atoms with van der Waals surface area (Å²) in [6.07, 6.45) is -1.08. The van der Waals surface area contributed by atoms with Gasteiger partial charge in [0.1, 0.15) is 5.52 Å². The van der Waals surface area contributed by atoms with Crippen molar-refractivity contribution in [1.29, 1.82) is 0 Å². The average Bonchev–Trinajstić information content (AvgIpc) is 3.01. The van der Waals surface area contributed by atoms with Crippen LogP contribution in [-0.4, -0.2) is 21.6 Å². The zero-order chi connectivity index (χ0) is 19.8. The van der Waals surface area contributed by atoms with Crippen LogP contribution in [-0.2, 0) is 6.18 Å². The molecule has 0 bridgehead atoms. The van der Waals surface area contributed by atoms with Gasteiger partial charge in [0.2, 0.25) is 0 Å². The van der Waals surface area contributed by atoms with Gasteiger partial charge >= 0.3 is 6.18 Å². The molecule has 0 spiro atoms. The molecule has 0 saturated carbocycles. The van der Waals surface area contributed by atoms with E-state index in [1.807, 2.05) is 10.6 Å². The summed E-state index contributed by atoms with van der Waals surface area (Å²) in [5.41, 5.74) is 1.37. The molecule has 0 aliphatic rings. The highest BCUT2D eigenvalue weighted by atomic mass is 35.5. The maximum atomic E-state index is 12.9. The van der Waals surface area contributed by atoms with Crippen molar-refractivity contribution in [3.8, 4) is 17.3 Å². The zero-order valence-electron chi connectivity index (χ0n) is 15.1. The van der Waals surface area contributed by atoms with E-state index in [2.05, 4.69) is 23.8 Å². The Morgan fingerprint density at radius 1 is 1.19 bits per heavy atom. The van der Waals surface area contributed by atoms with E-state index in [1.165, 1.54) is 13.2 Å². The Morgan fingerprint density at radius 3 is 2.44 bits per heavy atom. The van der Waals surface area contributed by atoms with Crippen molar-refractivity contribution in [2.75, 3.05) is 7.11 Å². The minimum absolute atomic E-state index is 0.0270. The molecule has 0 amide bonds. The molecular formula is C19H19ClF3N3O. The van der Waals surface area contributed by atoms with Gasteiger partial charge in [-0.15, -0.1) is 0 Å². The Labute approximate surface area is 159 Å². The molecule has 4 nitrogen and oxygen atoms in total. The number of hydrogen-bond donors (Lipinski definition) is 0. The molecule has 0 unspecified atom stereocenters. The number of halogens is 4. The minimum atomic E-state index is -4.46. The summed E-state index contributed by atoms with van der Waals surface area (Å²) in [5.74, 6) is 0. The van der Waals surface area contributed by atoms with E-state index >= 15 is 0 Å². The van der Waals surface area contributed by atoms with Crippen LogP contribution < -0.4 is 4.74 Å². The number of nitrogens with zero attached hydrogens (tertiary/aromatic N) is 3. The number of imidazole rings is 1. The lowest BCUT2D eigenvalue weighted by Gasteiger charge is -2.17. The number of hydrogen-bond acceptors (Lipinski definition) is 3. The van der Waals surface area contributed by atoms with Crippen LogP contribution in [0.1, 0.15) is 38.3 Å². The van der Waals surface area contributed by atoms with Gasteiger partial charge in [0.05, 0.1) is 28.9 Å². The molecule has 144 valence electrons. The molecule has 0 N–H and O–H groups in total. The molecule has 27 heavy (non-hydrogen) atoms. The van der Waals surface area contributed by atoms with E-state index in [9.17, 15) is 13.2 Å². The van der Waals surface area contributed by atoms with E-state index in [4.69, 9.17) is 16.3 Å². The molecule has 0 fully saturated rings. The number of alkyl halides is 3. The van der Waals surface area contributed by atoms with Crippen LogP contribution in [0.25, 0.3) is 22.3 Å². The second-order valence-corrected chi connectivity index (χ2v) is 6.57. The number of aromatic nitrogens is 3. The number of rotatable bonds is 5. The van der Waals surface area contributed by atoms with Crippen LogP contribution >= 0.6 is 11.6 Å². The second-order valence-electron chi connectivity index (χ2n) is 6.16. The van der Waals surface area contributed by atoms with Crippen LogP contribution in [0, 0.1) is 0 Å². The Hall–Kier alpha value is -2.28. The van der Waals surface area contributed by atoms with E-state index in [-0.39, 0.29) is 11.1 Å². The normalized spacial score (nSPS) is 12.1. The van der Waals surface area contributed by atoms with Gasteiger partial charge in [0.15, 0.2) is 0 Å². The highest BCUT2D eigenvalue weighted by Gasteiger charge is 2.31. The third kappa shape index (κ3) is 3.48. The summed E-state index contributed by atoms with van der Waals surface area (Å²) in [4.78, 5) is 8.87. The fourth-order valence-corrected chi connectivity index (χ4v) is 3.50. The summed E-state index contributed by atoms with van der Waals surface area (Å²) >= 11 is 6.16. The summed E-state index contributed by atoms with van der Waals surface area (Å²) in [6.45, 7) is 4.16. The monoisotopic (exact) mass is 397 g/mol. The molecule has 2 aromatic heterocycles. The molecule has 0 atom stereocenters. The van der Waals surface area contributed by atoms with Crippen molar-refractivity contribution in [1.82, 2.24) is 14.5 Å². The maximum absolute atomic E-state index is 12.9. The first-order valence-electron chi connectivity index (χ1n) is 8.59. The van der Waals surface area contributed by atoms with Crippen LogP contribution in [0.2, 0.25) is 5.02 Å². The predicted octanol–water partition coefficient (Wildman–Crippen LogP) is 6.14. The van der Waals surface area contributed by atoms with Crippen molar-refractivity contribution in [3.05, 3.63) is 41.0 Å². The van der Waals surface area contributed by atoms with Crippen LogP contribution in [0.3, 0.4) is 0 Å². The highest BCUT2D eigenvalue weighted by molar-refractivity contribution is 6.33. The molecule has 1 aromatic carbocycles. The zero-order valence-corrected chi connectivity index (χ0v) is 15.9. The van der Waals surface area contributed by atoms with Crippen molar-refractivity contribution in [2.45, 2.75) is 38.9 Å². The van der Waals surface area contributed by atoms with Gasteiger partial charge in [-0.2, -0.15) is 18.2 Å². The first kappa shape index (κ1) is 19.5. The Kier molecular flexibility index (Phi) is 5.33. The first-order valence-corrected chi connectivity index (χ1v) is 8.97. The number of pyridine rings is 1.